The molecule has 4 heteroatoms. The summed E-state index contributed by atoms with van der Waals surface area (Å²) in [5.74, 6) is 2.27. The zero-order chi connectivity index (χ0) is 21.8. The molecule has 0 amide bonds. The summed E-state index contributed by atoms with van der Waals surface area (Å²) in [6.45, 7) is 10.1. The number of carbonyl (C=O) groups is 1. The minimum absolute atomic E-state index is 0.00665. The first-order chi connectivity index (χ1) is 14.7. The molecule has 2 aliphatic heterocycles. The van der Waals surface area contributed by atoms with Crippen LogP contribution in [-0.4, -0.2) is 35.5 Å². The molecule has 2 saturated carbocycles. The van der Waals surface area contributed by atoms with Crippen LogP contribution >= 0.6 is 0 Å². The summed E-state index contributed by atoms with van der Waals surface area (Å²) in [7, 11) is 0. The smallest absolute Gasteiger partial charge is 0.171 e. The summed E-state index contributed by atoms with van der Waals surface area (Å²) >= 11 is 0. The van der Waals surface area contributed by atoms with Crippen molar-refractivity contribution in [2.45, 2.75) is 103 Å². The van der Waals surface area contributed by atoms with Gasteiger partial charge in [-0.05, 0) is 79.4 Å². The fourth-order valence-corrected chi connectivity index (χ4v) is 9.32. The van der Waals surface area contributed by atoms with E-state index in [9.17, 15) is 9.90 Å². The van der Waals surface area contributed by atoms with E-state index in [1.54, 1.807) is 0 Å². The van der Waals surface area contributed by atoms with E-state index in [1.165, 1.54) is 17.6 Å². The molecule has 31 heavy (non-hydrogen) atoms. The van der Waals surface area contributed by atoms with Gasteiger partial charge in [-0.1, -0.05) is 33.3 Å². The summed E-state index contributed by atoms with van der Waals surface area (Å²) in [6, 6.07) is 0. The lowest BCUT2D eigenvalue weighted by Gasteiger charge is -2.54. The molecule has 1 N–H and O–H groups in total. The van der Waals surface area contributed by atoms with Crippen molar-refractivity contribution < 1.29 is 19.4 Å². The minimum Gasteiger partial charge on any atom is -0.393 e. The van der Waals surface area contributed by atoms with Gasteiger partial charge in [0.25, 0.3) is 0 Å². The van der Waals surface area contributed by atoms with Crippen LogP contribution in [0.4, 0.5) is 0 Å². The van der Waals surface area contributed by atoms with Crippen molar-refractivity contribution in [3.05, 3.63) is 11.1 Å². The fraction of sp³-hybridized carbons (Fsp3) is 0.889. The zero-order valence-corrected chi connectivity index (χ0v) is 19.8. The molecule has 4 nitrogen and oxygen atoms in total. The molecule has 6 rings (SSSR count). The molecule has 172 valence electrons. The normalized spacial score (nSPS) is 56.3. The first-order valence-corrected chi connectivity index (χ1v) is 12.9. The standard InChI is InChI=1S/C27H40O4/c1-15-7-10-27(30-14-15)16(2)23-22(31-27)12-20-19-6-5-17-11-18(28)8-9-25(17,3)24(19)21(29)13-26(20,23)4/h15-18,20,22-23,28H,5-14H2,1-4H3/t15-,16-,17+,18+,20-,22+,23+,25+,26+,27-/m1/s1. The van der Waals surface area contributed by atoms with Crippen LogP contribution in [0.2, 0.25) is 0 Å². The number of hydrogen-bond donors (Lipinski definition) is 1. The summed E-state index contributed by atoms with van der Waals surface area (Å²) in [5, 5.41) is 10.3. The molecule has 6 aliphatic rings. The van der Waals surface area contributed by atoms with E-state index < -0.39 is 5.79 Å². The van der Waals surface area contributed by atoms with Gasteiger partial charge in [-0.2, -0.15) is 0 Å². The van der Waals surface area contributed by atoms with E-state index in [-0.39, 0.29) is 23.0 Å². The van der Waals surface area contributed by atoms with Crippen LogP contribution in [0, 0.1) is 40.4 Å². The molecule has 10 atom stereocenters. The Morgan fingerprint density at radius 1 is 1.06 bits per heavy atom. The van der Waals surface area contributed by atoms with Crippen LogP contribution in [0.25, 0.3) is 0 Å². The molecule has 2 saturated heterocycles. The molecule has 0 aromatic carbocycles. The molecule has 2 heterocycles. The van der Waals surface area contributed by atoms with Gasteiger partial charge in [0, 0.05) is 24.3 Å². The molecule has 0 aromatic rings. The van der Waals surface area contributed by atoms with Gasteiger partial charge < -0.3 is 14.6 Å². The molecule has 0 bridgehead atoms. The lowest BCUT2D eigenvalue weighted by Crippen LogP contribution is -2.50. The monoisotopic (exact) mass is 428 g/mol. The molecular formula is C27H40O4. The molecule has 0 aromatic heterocycles. The van der Waals surface area contributed by atoms with Crippen LogP contribution in [0.3, 0.4) is 0 Å². The summed E-state index contributed by atoms with van der Waals surface area (Å²) < 4.78 is 13.2. The highest BCUT2D eigenvalue weighted by Gasteiger charge is 2.68. The van der Waals surface area contributed by atoms with Gasteiger partial charge >= 0.3 is 0 Å². The molecule has 4 fully saturated rings. The van der Waals surface area contributed by atoms with Gasteiger partial charge in [0.15, 0.2) is 11.6 Å². The molecule has 4 aliphatic carbocycles. The highest BCUT2D eigenvalue weighted by molar-refractivity contribution is 5.99. The molecule has 0 unspecified atom stereocenters. The van der Waals surface area contributed by atoms with Crippen molar-refractivity contribution in [1.29, 1.82) is 0 Å². The highest BCUT2D eigenvalue weighted by Crippen LogP contribution is 2.68. The van der Waals surface area contributed by atoms with Crippen molar-refractivity contribution in [2.75, 3.05) is 6.61 Å². The number of hydrogen-bond acceptors (Lipinski definition) is 4. The second-order valence-electron chi connectivity index (χ2n) is 12.6. The third-order valence-electron chi connectivity index (χ3n) is 11.0. The van der Waals surface area contributed by atoms with Gasteiger partial charge in [0.1, 0.15) is 0 Å². The largest absolute Gasteiger partial charge is 0.393 e. The number of fused-ring (bicyclic) bond motifs is 6. The van der Waals surface area contributed by atoms with Crippen LogP contribution in [0.1, 0.15) is 85.5 Å². The van der Waals surface area contributed by atoms with E-state index >= 15 is 0 Å². The average Bonchev–Trinajstić information content (AvgIpc) is 3.15. The maximum Gasteiger partial charge on any atom is 0.171 e. The van der Waals surface area contributed by atoms with Crippen molar-refractivity contribution >= 4 is 5.78 Å². The molecule has 1 spiro atoms. The van der Waals surface area contributed by atoms with E-state index in [4.69, 9.17) is 9.47 Å². The minimum atomic E-state index is -0.420. The summed E-state index contributed by atoms with van der Waals surface area (Å²) in [6.07, 6.45) is 8.76. The number of allylic oxidation sites excluding steroid dienone is 2. The fourth-order valence-electron chi connectivity index (χ4n) is 9.32. The van der Waals surface area contributed by atoms with E-state index in [1.807, 2.05) is 0 Å². The summed E-state index contributed by atoms with van der Waals surface area (Å²) in [4.78, 5) is 13.8. The average molecular weight is 429 g/mol. The van der Waals surface area contributed by atoms with Gasteiger partial charge in [-0.3, -0.25) is 4.79 Å². The molecule has 0 radical (unpaired) electrons. The van der Waals surface area contributed by atoms with Crippen LogP contribution in [-0.2, 0) is 14.3 Å². The van der Waals surface area contributed by atoms with Crippen molar-refractivity contribution in [3.63, 3.8) is 0 Å². The highest BCUT2D eigenvalue weighted by atomic mass is 16.7. The maximum atomic E-state index is 13.8. The predicted molar refractivity (Wildman–Crippen MR) is 118 cm³/mol. The Hall–Kier alpha value is -0.710. The number of aliphatic hydroxyl groups excluding tert-OH is 1. The number of rotatable bonds is 0. The van der Waals surface area contributed by atoms with E-state index in [2.05, 4.69) is 27.7 Å². The second kappa shape index (κ2) is 6.67. The Bertz CT molecular complexity index is 823. The molecular weight excluding hydrogens is 388 g/mol. The van der Waals surface area contributed by atoms with Crippen molar-refractivity contribution in [3.8, 4) is 0 Å². The number of ether oxygens (including phenoxy) is 2. The first kappa shape index (κ1) is 20.9. The third kappa shape index (κ3) is 2.68. The Labute approximate surface area is 187 Å². The van der Waals surface area contributed by atoms with Gasteiger partial charge in [-0.25, -0.2) is 0 Å². The zero-order valence-electron chi connectivity index (χ0n) is 19.8. The lowest BCUT2D eigenvalue weighted by molar-refractivity contribution is -0.271. The number of Topliss-reactive ketones (excluding diaryl/α,β-unsaturated/α-hetero) is 1. The van der Waals surface area contributed by atoms with Crippen LogP contribution < -0.4 is 0 Å². The Morgan fingerprint density at radius 2 is 1.87 bits per heavy atom. The van der Waals surface area contributed by atoms with Gasteiger partial charge in [0.05, 0.1) is 18.8 Å². The van der Waals surface area contributed by atoms with E-state index in [0.29, 0.717) is 41.8 Å². The van der Waals surface area contributed by atoms with Crippen LogP contribution in [0.5, 0.6) is 0 Å². The maximum absolute atomic E-state index is 13.8. The Morgan fingerprint density at radius 3 is 2.61 bits per heavy atom. The number of carbonyl (C=O) groups excluding carboxylic acids is 1. The number of ketones is 1. The quantitative estimate of drug-likeness (QED) is 0.587. The van der Waals surface area contributed by atoms with Crippen LogP contribution in [0.15, 0.2) is 11.1 Å². The van der Waals surface area contributed by atoms with E-state index in [0.717, 1.165) is 51.6 Å². The Kier molecular flexibility index (Phi) is 4.49. The third-order valence-corrected chi connectivity index (χ3v) is 11.0. The Balaban J connectivity index is 1.35. The van der Waals surface area contributed by atoms with Crippen molar-refractivity contribution in [1.82, 2.24) is 0 Å². The number of aliphatic hydroxyl groups is 1. The lowest BCUT2D eigenvalue weighted by atomic mass is 9.50. The second-order valence-corrected chi connectivity index (χ2v) is 12.6. The summed E-state index contributed by atoms with van der Waals surface area (Å²) in [5.41, 5.74) is 2.63. The van der Waals surface area contributed by atoms with Gasteiger partial charge in [-0.15, -0.1) is 0 Å². The predicted octanol–water partition coefficient (Wildman–Crippen LogP) is 5.04. The SMILES string of the molecule is C[C@@H]1CC[C@@]2(OC1)O[C@H]1C[C@@H]3C4=C(C(=O)C[C@]3(C)[C@H]1[C@H]2C)[C@@]1(C)CC[C@H](O)C[C@@H]1CC4. The first-order valence-electron chi connectivity index (χ1n) is 12.9. The van der Waals surface area contributed by atoms with Gasteiger partial charge in [0.2, 0.25) is 0 Å². The topological polar surface area (TPSA) is 55.8 Å². The van der Waals surface area contributed by atoms with Crippen molar-refractivity contribution in [2.24, 2.45) is 40.4 Å².